The average molecular weight is 385 g/mol. The second-order valence-corrected chi connectivity index (χ2v) is 13.3. The summed E-state index contributed by atoms with van der Waals surface area (Å²) in [6, 6.07) is 10.6. The van der Waals surface area contributed by atoms with Gasteiger partial charge in [0.05, 0.1) is 6.61 Å². The van der Waals surface area contributed by atoms with Crippen molar-refractivity contribution in [3.05, 3.63) is 35.9 Å². The molecule has 22 heavy (non-hydrogen) atoms. The summed E-state index contributed by atoms with van der Waals surface area (Å²) in [5.74, 6) is 0.479. The molecular weight excluding hydrogens is 356 g/mol. The first-order valence-electron chi connectivity index (χ1n) is 8.10. The van der Waals surface area contributed by atoms with Crippen LogP contribution in [0.15, 0.2) is 30.3 Å². The van der Waals surface area contributed by atoms with Crippen molar-refractivity contribution in [3.8, 4) is 0 Å². The summed E-state index contributed by atoms with van der Waals surface area (Å²) in [4.78, 5) is 0. The number of ether oxygens (including phenoxy) is 1. The van der Waals surface area contributed by atoms with E-state index in [1.54, 1.807) is 0 Å². The first-order chi connectivity index (χ1) is 10.2. The Hall–Kier alpha value is -0.163. The maximum Gasteiger partial charge on any atom is 0.191 e. The van der Waals surface area contributed by atoms with Crippen molar-refractivity contribution in [2.45, 2.75) is 50.9 Å². The zero-order valence-corrected chi connectivity index (χ0v) is 17.1. The van der Waals surface area contributed by atoms with Crippen molar-refractivity contribution < 1.29 is 9.16 Å². The van der Waals surface area contributed by atoms with Gasteiger partial charge < -0.3 is 9.16 Å². The number of alkyl halides is 1. The average Bonchev–Trinajstić information content (AvgIpc) is 2.90. The predicted octanol–water partition coefficient (Wildman–Crippen LogP) is 5.34. The molecule has 0 spiro atoms. The SMILES string of the molecule is CC(C)(C)[Si](C)(C)OC[C@@H]1CO[C@@](CBr)(c2ccccc2)C1. The fraction of sp³-hybridized carbons (Fsp3) is 0.667. The fourth-order valence-corrected chi connectivity index (χ4v) is 4.42. The van der Waals surface area contributed by atoms with E-state index in [4.69, 9.17) is 9.16 Å². The molecular formula is C18H29BrO2Si. The summed E-state index contributed by atoms with van der Waals surface area (Å²) in [5.41, 5.74) is 1.07. The van der Waals surface area contributed by atoms with E-state index in [1.807, 2.05) is 0 Å². The van der Waals surface area contributed by atoms with Gasteiger partial charge in [-0.3, -0.25) is 0 Å². The van der Waals surface area contributed by atoms with Crippen LogP contribution in [0.4, 0.5) is 0 Å². The lowest BCUT2D eigenvalue weighted by molar-refractivity contribution is 0.0201. The zero-order chi connectivity index (χ0) is 16.4. The van der Waals surface area contributed by atoms with Crippen molar-refractivity contribution in [2.24, 2.45) is 5.92 Å². The third kappa shape index (κ3) is 3.84. The number of halogens is 1. The Morgan fingerprint density at radius 2 is 1.91 bits per heavy atom. The van der Waals surface area contributed by atoms with E-state index in [1.165, 1.54) is 5.56 Å². The molecule has 0 saturated carbocycles. The van der Waals surface area contributed by atoms with Gasteiger partial charge in [-0.25, -0.2) is 0 Å². The van der Waals surface area contributed by atoms with Gasteiger partial charge in [0.2, 0.25) is 0 Å². The minimum atomic E-state index is -1.68. The van der Waals surface area contributed by atoms with Gasteiger partial charge in [-0.1, -0.05) is 67.0 Å². The standard InChI is InChI=1S/C18H29BrO2Si/c1-17(2,3)22(4,5)21-13-15-11-18(14-19,20-12-15)16-9-7-6-8-10-16/h6-10,15H,11-14H2,1-5H3/t15-,18-/m0/s1. The maximum absolute atomic E-state index is 6.40. The molecule has 0 amide bonds. The molecule has 0 aliphatic carbocycles. The van der Waals surface area contributed by atoms with Crippen LogP contribution in [0.3, 0.4) is 0 Å². The highest BCUT2D eigenvalue weighted by Crippen LogP contribution is 2.42. The van der Waals surface area contributed by atoms with E-state index in [-0.39, 0.29) is 10.6 Å². The lowest BCUT2D eigenvalue weighted by Gasteiger charge is -2.37. The van der Waals surface area contributed by atoms with E-state index >= 15 is 0 Å². The van der Waals surface area contributed by atoms with Gasteiger partial charge in [0.1, 0.15) is 5.60 Å². The van der Waals surface area contributed by atoms with Crippen molar-refractivity contribution in [2.75, 3.05) is 18.5 Å². The summed E-state index contributed by atoms with van der Waals surface area (Å²) in [5, 5.41) is 1.10. The molecule has 1 saturated heterocycles. The van der Waals surface area contributed by atoms with Gasteiger partial charge in [-0.05, 0) is 30.1 Å². The molecule has 124 valence electrons. The lowest BCUT2D eigenvalue weighted by Crippen LogP contribution is -2.42. The van der Waals surface area contributed by atoms with Gasteiger partial charge in [-0.2, -0.15) is 0 Å². The molecule has 0 N–H and O–H groups in total. The third-order valence-electron chi connectivity index (χ3n) is 5.22. The van der Waals surface area contributed by atoms with E-state index in [9.17, 15) is 0 Å². The minimum Gasteiger partial charge on any atom is -0.416 e. The summed E-state index contributed by atoms with van der Waals surface area (Å²) >= 11 is 3.66. The van der Waals surface area contributed by atoms with Gasteiger partial charge in [0.25, 0.3) is 0 Å². The summed E-state index contributed by atoms with van der Waals surface area (Å²) in [6.07, 6.45) is 1.02. The van der Waals surface area contributed by atoms with Gasteiger partial charge in [-0.15, -0.1) is 0 Å². The first kappa shape index (κ1) is 18.2. The smallest absolute Gasteiger partial charge is 0.191 e. The maximum atomic E-state index is 6.40. The molecule has 2 atom stereocenters. The van der Waals surface area contributed by atoms with Gasteiger partial charge in [0.15, 0.2) is 8.32 Å². The molecule has 1 aliphatic rings. The predicted molar refractivity (Wildman–Crippen MR) is 99.1 cm³/mol. The molecule has 0 radical (unpaired) electrons. The quantitative estimate of drug-likeness (QED) is 0.503. The van der Waals surface area contributed by atoms with Crippen LogP contribution in [0.2, 0.25) is 18.1 Å². The van der Waals surface area contributed by atoms with Crippen LogP contribution < -0.4 is 0 Å². The molecule has 2 rings (SSSR count). The molecule has 0 aromatic heterocycles. The number of hydrogen-bond donors (Lipinski definition) is 0. The van der Waals surface area contributed by atoms with Crippen LogP contribution in [-0.2, 0) is 14.8 Å². The van der Waals surface area contributed by atoms with Crippen molar-refractivity contribution in [1.29, 1.82) is 0 Å². The second kappa shape index (κ2) is 6.76. The van der Waals surface area contributed by atoms with Crippen LogP contribution in [0.25, 0.3) is 0 Å². The Morgan fingerprint density at radius 1 is 1.27 bits per heavy atom. The van der Waals surface area contributed by atoms with Crippen LogP contribution in [0, 0.1) is 5.92 Å². The molecule has 1 fully saturated rings. The Bertz CT molecular complexity index is 484. The van der Waals surface area contributed by atoms with Crippen LogP contribution in [0.5, 0.6) is 0 Å². The summed E-state index contributed by atoms with van der Waals surface area (Å²) in [7, 11) is -1.68. The largest absolute Gasteiger partial charge is 0.416 e. The fourth-order valence-electron chi connectivity index (χ4n) is 2.62. The summed E-state index contributed by atoms with van der Waals surface area (Å²) in [6.45, 7) is 13.1. The molecule has 4 heteroatoms. The van der Waals surface area contributed by atoms with Gasteiger partial charge in [0, 0.05) is 17.9 Å². The van der Waals surface area contributed by atoms with Crippen molar-refractivity contribution >= 4 is 24.2 Å². The van der Waals surface area contributed by atoms with Crippen molar-refractivity contribution in [3.63, 3.8) is 0 Å². The minimum absolute atomic E-state index is 0.192. The van der Waals surface area contributed by atoms with E-state index in [2.05, 4.69) is 80.1 Å². The summed E-state index contributed by atoms with van der Waals surface area (Å²) < 4.78 is 12.6. The highest BCUT2D eigenvalue weighted by atomic mass is 79.9. The molecule has 0 bridgehead atoms. The molecule has 1 heterocycles. The molecule has 1 aromatic rings. The zero-order valence-electron chi connectivity index (χ0n) is 14.5. The lowest BCUT2D eigenvalue weighted by atomic mass is 9.89. The Morgan fingerprint density at radius 3 is 2.45 bits per heavy atom. The topological polar surface area (TPSA) is 18.5 Å². The molecule has 2 nitrogen and oxygen atoms in total. The van der Waals surface area contributed by atoms with Crippen LogP contribution in [0.1, 0.15) is 32.8 Å². The third-order valence-corrected chi connectivity index (χ3v) is 10.6. The Balaban J connectivity index is 2.00. The number of benzene rings is 1. The Labute approximate surface area is 144 Å². The number of rotatable bonds is 5. The molecule has 1 aromatic carbocycles. The molecule has 1 aliphatic heterocycles. The van der Waals surface area contributed by atoms with Crippen LogP contribution >= 0.6 is 15.9 Å². The monoisotopic (exact) mass is 384 g/mol. The highest BCUT2D eigenvalue weighted by Gasteiger charge is 2.43. The van der Waals surface area contributed by atoms with E-state index in [0.29, 0.717) is 5.92 Å². The van der Waals surface area contributed by atoms with Crippen LogP contribution in [-0.4, -0.2) is 26.9 Å². The van der Waals surface area contributed by atoms with Crippen molar-refractivity contribution in [1.82, 2.24) is 0 Å². The normalized spacial score (nSPS) is 26.4. The Kier molecular flexibility index (Phi) is 5.58. The van der Waals surface area contributed by atoms with E-state index in [0.717, 1.165) is 25.0 Å². The van der Waals surface area contributed by atoms with E-state index < -0.39 is 8.32 Å². The number of hydrogen-bond acceptors (Lipinski definition) is 2. The second-order valence-electron chi connectivity index (χ2n) is 7.95. The van der Waals surface area contributed by atoms with Gasteiger partial charge >= 0.3 is 0 Å². The molecule has 0 unspecified atom stereocenters. The highest BCUT2D eigenvalue weighted by molar-refractivity contribution is 9.09. The first-order valence-corrected chi connectivity index (χ1v) is 12.1.